The lowest BCUT2D eigenvalue weighted by Gasteiger charge is -2.25. The number of likely N-dealkylation sites (tertiary alicyclic amines) is 1. The van der Waals surface area contributed by atoms with Gasteiger partial charge < -0.3 is 15.0 Å². The zero-order chi connectivity index (χ0) is 19.4. The predicted molar refractivity (Wildman–Crippen MR) is 105 cm³/mol. The maximum Gasteiger partial charge on any atom is 0.322 e. The number of hydrogen-bond donors (Lipinski definition) is 1. The average molecular weight is 409 g/mol. The van der Waals surface area contributed by atoms with Gasteiger partial charge in [0.2, 0.25) is 0 Å². The monoisotopic (exact) mass is 408 g/mol. The number of hydrogen-bond acceptors (Lipinski definition) is 4. The Labute approximate surface area is 164 Å². The molecule has 144 valence electrons. The highest BCUT2D eigenvalue weighted by molar-refractivity contribution is 7.91. The molecule has 0 aromatic heterocycles. The Hall–Kier alpha value is -2.25. The number of ether oxygens (including phenoxy) is 1. The first-order chi connectivity index (χ1) is 12.9. The Morgan fingerprint density at radius 2 is 2.00 bits per heavy atom. The number of rotatable bonds is 5. The van der Waals surface area contributed by atoms with Crippen LogP contribution in [0, 0.1) is 0 Å². The number of nitrogens with zero attached hydrogens (tertiary/aromatic N) is 1. The van der Waals surface area contributed by atoms with Gasteiger partial charge in [-0.25, -0.2) is 13.2 Å². The number of benzene rings is 2. The van der Waals surface area contributed by atoms with Crippen LogP contribution in [0.3, 0.4) is 0 Å². The minimum Gasteiger partial charge on any atom is -0.495 e. The van der Waals surface area contributed by atoms with Crippen LogP contribution >= 0.6 is 11.6 Å². The molecule has 1 unspecified atom stereocenters. The Kier molecular flexibility index (Phi) is 5.92. The van der Waals surface area contributed by atoms with Crippen LogP contribution in [-0.2, 0) is 9.84 Å². The summed E-state index contributed by atoms with van der Waals surface area (Å²) in [6.07, 6.45) is 1.40. The van der Waals surface area contributed by atoms with Crippen molar-refractivity contribution in [1.29, 1.82) is 0 Å². The van der Waals surface area contributed by atoms with Gasteiger partial charge in [0.25, 0.3) is 0 Å². The SMILES string of the molecule is COc1ccc(Cl)cc1NC(=O)N1CCCC1CS(=O)(=O)c1ccccc1. The highest BCUT2D eigenvalue weighted by atomic mass is 35.5. The van der Waals surface area contributed by atoms with E-state index in [0.717, 1.165) is 6.42 Å². The molecule has 0 saturated carbocycles. The van der Waals surface area contributed by atoms with E-state index >= 15 is 0 Å². The van der Waals surface area contributed by atoms with Crippen LogP contribution in [0.1, 0.15) is 12.8 Å². The van der Waals surface area contributed by atoms with Crippen molar-refractivity contribution in [3.8, 4) is 5.75 Å². The largest absolute Gasteiger partial charge is 0.495 e. The summed E-state index contributed by atoms with van der Waals surface area (Å²) in [7, 11) is -1.97. The molecule has 0 spiro atoms. The van der Waals surface area contributed by atoms with Crippen molar-refractivity contribution in [1.82, 2.24) is 4.90 Å². The molecule has 1 aliphatic heterocycles. The second kappa shape index (κ2) is 8.19. The Bertz CT molecular complexity index is 919. The van der Waals surface area contributed by atoms with E-state index in [9.17, 15) is 13.2 Å². The van der Waals surface area contributed by atoms with Crippen LogP contribution in [0.15, 0.2) is 53.4 Å². The number of sulfone groups is 1. The summed E-state index contributed by atoms with van der Waals surface area (Å²) in [6.45, 7) is 0.504. The highest BCUT2D eigenvalue weighted by Gasteiger charge is 2.33. The van der Waals surface area contributed by atoms with E-state index in [-0.39, 0.29) is 22.7 Å². The lowest BCUT2D eigenvalue weighted by atomic mass is 10.2. The zero-order valence-electron chi connectivity index (χ0n) is 14.9. The molecule has 2 aromatic carbocycles. The lowest BCUT2D eigenvalue weighted by Crippen LogP contribution is -2.42. The molecule has 0 aliphatic carbocycles. The van der Waals surface area contributed by atoms with Gasteiger partial charge in [-0.15, -0.1) is 0 Å². The molecule has 1 aliphatic rings. The number of halogens is 1. The molecule has 6 nitrogen and oxygen atoms in total. The zero-order valence-corrected chi connectivity index (χ0v) is 16.5. The summed E-state index contributed by atoms with van der Waals surface area (Å²) >= 11 is 6.00. The first kappa shape index (κ1) is 19.5. The fourth-order valence-corrected chi connectivity index (χ4v) is 5.01. The second-order valence-corrected chi connectivity index (χ2v) is 8.83. The minimum absolute atomic E-state index is 0.100. The summed E-state index contributed by atoms with van der Waals surface area (Å²) in [6, 6.07) is 12.5. The van der Waals surface area contributed by atoms with E-state index in [1.54, 1.807) is 53.4 Å². The molecule has 1 heterocycles. The van der Waals surface area contributed by atoms with Crippen molar-refractivity contribution in [3.63, 3.8) is 0 Å². The lowest BCUT2D eigenvalue weighted by molar-refractivity contribution is 0.210. The number of anilines is 1. The van der Waals surface area contributed by atoms with Crippen molar-refractivity contribution in [2.24, 2.45) is 0 Å². The van der Waals surface area contributed by atoms with Crippen molar-refractivity contribution < 1.29 is 17.9 Å². The number of amides is 2. The van der Waals surface area contributed by atoms with Gasteiger partial charge in [-0.05, 0) is 43.2 Å². The maximum atomic E-state index is 12.7. The fraction of sp³-hybridized carbons (Fsp3) is 0.316. The quantitative estimate of drug-likeness (QED) is 0.815. The number of carbonyl (C=O) groups is 1. The maximum absolute atomic E-state index is 12.7. The van der Waals surface area contributed by atoms with Gasteiger partial charge >= 0.3 is 6.03 Å². The van der Waals surface area contributed by atoms with Gasteiger partial charge in [0.15, 0.2) is 9.84 Å². The number of carbonyl (C=O) groups excluding carboxylic acids is 1. The smallest absolute Gasteiger partial charge is 0.322 e. The van der Waals surface area contributed by atoms with Crippen molar-refractivity contribution in [2.75, 3.05) is 24.7 Å². The molecule has 1 atom stereocenters. The summed E-state index contributed by atoms with van der Waals surface area (Å²) in [5, 5.41) is 3.25. The second-order valence-electron chi connectivity index (χ2n) is 6.36. The minimum atomic E-state index is -3.47. The highest BCUT2D eigenvalue weighted by Crippen LogP contribution is 2.29. The van der Waals surface area contributed by atoms with E-state index in [2.05, 4.69) is 5.32 Å². The van der Waals surface area contributed by atoms with Crippen LogP contribution in [0.2, 0.25) is 5.02 Å². The van der Waals surface area contributed by atoms with Gasteiger partial charge in [-0.1, -0.05) is 29.8 Å². The van der Waals surface area contributed by atoms with Crippen LogP contribution in [-0.4, -0.2) is 44.8 Å². The van der Waals surface area contributed by atoms with E-state index < -0.39 is 9.84 Å². The molecule has 2 aromatic rings. The Morgan fingerprint density at radius 3 is 2.70 bits per heavy atom. The van der Waals surface area contributed by atoms with Crippen molar-refractivity contribution in [2.45, 2.75) is 23.8 Å². The molecule has 1 saturated heterocycles. The van der Waals surface area contributed by atoms with Crippen LogP contribution in [0.5, 0.6) is 5.75 Å². The van der Waals surface area contributed by atoms with Gasteiger partial charge in [-0.3, -0.25) is 0 Å². The third-order valence-electron chi connectivity index (χ3n) is 4.56. The number of methoxy groups -OCH3 is 1. The normalized spacial score (nSPS) is 17.0. The standard InChI is InChI=1S/C19H21ClN2O4S/c1-26-18-10-9-14(20)12-17(18)21-19(23)22-11-5-6-15(22)13-27(24,25)16-7-3-2-4-8-16/h2-4,7-10,12,15H,5-6,11,13H2,1H3,(H,21,23). The molecule has 2 amide bonds. The summed E-state index contributed by atoms with van der Waals surface area (Å²) in [5.74, 6) is 0.386. The number of urea groups is 1. The first-order valence-corrected chi connectivity index (χ1v) is 10.6. The molecule has 8 heteroatoms. The third-order valence-corrected chi connectivity index (χ3v) is 6.60. The summed E-state index contributed by atoms with van der Waals surface area (Å²) < 4.78 is 30.6. The van der Waals surface area contributed by atoms with E-state index in [1.165, 1.54) is 7.11 Å². The van der Waals surface area contributed by atoms with Gasteiger partial charge in [0.05, 0.1) is 23.4 Å². The van der Waals surface area contributed by atoms with E-state index in [1.807, 2.05) is 0 Å². The van der Waals surface area contributed by atoms with Crippen LogP contribution in [0.4, 0.5) is 10.5 Å². The average Bonchev–Trinajstić information content (AvgIpc) is 3.10. The van der Waals surface area contributed by atoms with Gasteiger partial charge in [0.1, 0.15) is 5.75 Å². The molecule has 3 rings (SSSR count). The van der Waals surface area contributed by atoms with Gasteiger partial charge in [-0.2, -0.15) is 0 Å². The molecular weight excluding hydrogens is 388 g/mol. The molecular formula is C19H21ClN2O4S. The molecule has 27 heavy (non-hydrogen) atoms. The molecule has 1 N–H and O–H groups in total. The molecule has 0 radical (unpaired) electrons. The summed E-state index contributed by atoms with van der Waals surface area (Å²) in [5.41, 5.74) is 0.451. The van der Waals surface area contributed by atoms with E-state index in [0.29, 0.717) is 29.4 Å². The summed E-state index contributed by atoms with van der Waals surface area (Å²) in [4.78, 5) is 14.6. The third kappa shape index (κ3) is 4.54. The van der Waals surface area contributed by atoms with Crippen LogP contribution < -0.4 is 10.1 Å². The Balaban J connectivity index is 1.75. The molecule has 0 bridgehead atoms. The first-order valence-electron chi connectivity index (χ1n) is 8.59. The van der Waals surface area contributed by atoms with Crippen LogP contribution in [0.25, 0.3) is 0 Å². The Morgan fingerprint density at radius 1 is 1.26 bits per heavy atom. The van der Waals surface area contributed by atoms with Crippen molar-refractivity contribution in [3.05, 3.63) is 53.6 Å². The van der Waals surface area contributed by atoms with Crippen molar-refractivity contribution >= 4 is 33.2 Å². The fourth-order valence-electron chi connectivity index (χ4n) is 3.22. The predicted octanol–water partition coefficient (Wildman–Crippen LogP) is 3.82. The van der Waals surface area contributed by atoms with E-state index in [4.69, 9.17) is 16.3 Å². The number of nitrogens with one attached hydrogen (secondary N) is 1. The molecule has 1 fully saturated rings. The topological polar surface area (TPSA) is 75.7 Å². The van der Waals surface area contributed by atoms with Gasteiger partial charge in [0, 0.05) is 17.6 Å².